The third-order valence-corrected chi connectivity index (χ3v) is 3.79. The van der Waals surface area contributed by atoms with Gasteiger partial charge in [-0.3, -0.25) is 9.69 Å². The van der Waals surface area contributed by atoms with Crippen molar-refractivity contribution >= 4 is 18.3 Å². The molecule has 1 aromatic carbocycles. The standard InChI is InChI=1S/C17H22N2O4/c20-12-5-4-10-18-16(21)15-9-6-11-19(15)17(22)23-13-14-7-2-1-3-8-14/h1-3,7-8,12,15H,4-6,9-11,13H2,(H,18,21)/t15-/m0/s1. The van der Waals surface area contributed by atoms with Crippen LogP contribution in [-0.4, -0.2) is 42.3 Å². The summed E-state index contributed by atoms with van der Waals surface area (Å²) in [6.45, 7) is 1.17. The third kappa shape index (κ3) is 5.09. The van der Waals surface area contributed by atoms with Crippen LogP contribution in [0.1, 0.15) is 31.2 Å². The van der Waals surface area contributed by atoms with Crippen molar-refractivity contribution in [3.05, 3.63) is 35.9 Å². The van der Waals surface area contributed by atoms with E-state index in [9.17, 15) is 14.4 Å². The predicted molar refractivity (Wildman–Crippen MR) is 84.7 cm³/mol. The predicted octanol–water partition coefficient (Wildman–Crippen LogP) is 1.88. The Labute approximate surface area is 135 Å². The topological polar surface area (TPSA) is 75.7 Å². The van der Waals surface area contributed by atoms with E-state index < -0.39 is 12.1 Å². The molecule has 1 N–H and O–H groups in total. The first-order valence-corrected chi connectivity index (χ1v) is 7.91. The van der Waals surface area contributed by atoms with E-state index in [0.29, 0.717) is 32.4 Å². The molecule has 6 nitrogen and oxygen atoms in total. The van der Waals surface area contributed by atoms with Gasteiger partial charge in [0.05, 0.1) is 0 Å². The van der Waals surface area contributed by atoms with Crippen LogP contribution < -0.4 is 5.32 Å². The van der Waals surface area contributed by atoms with Crippen molar-refractivity contribution in [3.63, 3.8) is 0 Å². The Balaban J connectivity index is 1.81. The van der Waals surface area contributed by atoms with E-state index in [2.05, 4.69) is 5.32 Å². The number of hydrogen-bond acceptors (Lipinski definition) is 4. The van der Waals surface area contributed by atoms with Crippen molar-refractivity contribution in [2.75, 3.05) is 13.1 Å². The SMILES string of the molecule is O=CCCCNC(=O)[C@@H]1CCCN1C(=O)OCc1ccccc1. The molecular weight excluding hydrogens is 296 g/mol. The van der Waals surface area contributed by atoms with Gasteiger partial charge >= 0.3 is 6.09 Å². The molecule has 0 unspecified atom stereocenters. The van der Waals surface area contributed by atoms with Gasteiger partial charge in [0.15, 0.2) is 0 Å². The molecule has 1 aliphatic rings. The van der Waals surface area contributed by atoms with Gasteiger partial charge in [0, 0.05) is 19.5 Å². The lowest BCUT2D eigenvalue weighted by Gasteiger charge is -2.23. The molecule has 0 aliphatic carbocycles. The number of carbonyl (C=O) groups excluding carboxylic acids is 3. The second kappa shape index (κ2) is 8.92. The van der Waals surface area contributed by atoms with Crippen LogP contribution in [0.4, 0.5) is 4.79 Å². The lowest BCUT2D eigenvalue weighted by atomic mass is 10.2. The van der Waals surface area contributed by atoms with E-state index in [1.54, 1.807) is 0 Å². The molecule has 1 fully saturated rings. The maximum atomic E-state index is 12.2. The third-order valence-electron chi connectivity index (χ3n) is 3.79. The summed E-state index contributed by atoms with van der Waals surface area (Å²) in [6.07, 6.45) is 2.83. The summed E-state index contributed by atoms with van der Waals surface area (Å²) in [5.41, 5.74) is 0.912. The van der Waals surface area contributed by atoms with Crippen molar-refractivity contribution in [2.24, 2.45) is 0 Å². The zero-order valence-electron chi connectivity index (χ0n) is 13.1. The van der Waals surface area contributed by atoms with E-state index >= 15 is 0 Å². The molecule has 1 heterocycles. The fraction of sp³-hybridized carbons (Fsp3) is 0.471. The lowest BCUT2D eigenvalue weighted by molar-refractivity contribution is -0.125. The van der Waals surface area contributed by atoms with Crippen LogP contribution in [-0.2, 0) is 20.9 Å². The van der Waals surface area contributed by atoms with Crippen molar-refractivity contribution in [3.8, 4) is 0 Å². The highest BCUT2D eigenvalue weighted by molar-refractivity contribution is 5.86. The number of amides is 2. The number of rotatable bonds is 7. The highest BCUT2D eigenvalue weighted by atomic mass is 16.6. The number of nitrogens with zero attached hydrogens (tertiary/aromatic N) is 1. The van der Waals surface area contributed by atoms with Crippen LogP contribution in [0.15, 0.2) is 30.3 Å². The summed E-state index contributed by atoms with van der Waals surface area (Å²) in [6, 6.07) is 8.96. The zero-order chi connectivity index (χ0) is 16.5. The van der Waals surface area contributed by atoms with E-state index in [1.165, 1.54) is 4.90 Å². The van der Waals surface area contributed by atoms with Crippen LogP contribution in [0.3, 0.4) is 0 Å². The van der Waals surface area contributed by atoms with Gasteiger partial charge in [-0.2, -0.15) is 0 Å². The fourth-order valence-corrected chi connectivity index (χ4v) is 2.57. The van der Waals surface area contributed by atoms with Crippen LogP contribution in [0.25, 0.3) is 0 Å². The zero-order valence-corrected chi connectivity index (χ0v) is 13.1. The number of carbonyl (C=O) groups is 3. The fourth-order valence-electron chi connectivity index (χ4n) is 2.57. The number of hydrogen-bond donors (Lipinski definition) is 1. The molecule has 0 spiro atoms. The number of ether oxygens (including phenoxy) is 1. The first kappa shape index (κ1) is 17.0. The lowest BCUT2D eigenvalue weighted by Crippen LogP contribution is -2.46. The number of unbranched alkanes of at least 4 members (excludes halogenated alkanes) is 1. The van der Waals surface area contributed by atoms with E-state index in [1.807, 2.05) is 30.3 Å². The molecule has 23 heavy (non-hydrogen) atoms. The molecule has 1 aliphatic heterocycles. The molecule has 1 aromatic rings. The Kier molecular flexibility index (Phi) is 6.59. The summed E-state index contributed by atoms with van der Waals surface area (Å²) >= 11 is 0. The van der Waals surface area contributed by atoms with Gasteiger partial charge in [0.2, 0.25) is 5.91 Å². The van der Waals surface area contributed by atoms with E-state index in [4.69, 9.17) is 4.74 Å². The first-order chi connectivity index (χ1) is 11.2. The number of likely N-dealkylation sites (tertiary alicyclic amines) is 1. The van der Waals surface area contributed by atoms with Gasteiger partial charge in [0.25, 0.3) is 0 Å². The molecule has 0 bridgehead atoms. The van der Waals surface area contributed by atoms with Crippen LogP contribution in [0.5, 0.6) is 0 Å². The molecule has 124 valence electrons. The summed E-state index contributed by atoms with van der Waals surface area (Å²) in [7, 11) is 0. The second-order valence-electron chi connectivity index (χ2n) is 5.49. The first-order valence-electron chi connectivity index (χ1n) is 7.91. The normalized spacial score (nSPS) is 16.9. The van der Waals surface area contributed by atoms with Gasteiger partial charge in [-0.1, -0.05) is 30.3 Å². The molecule has 0 aromatic heterocycles. The molecular formula is C17H22N2O4. The van der Waals surface area contributed by atoms with Gasteiger partial charge < -0.3 is 14.8 Å². The van der Waals surface area contributed by atoms with Gasteiger partial charge in [-0.15, -0.1) is 0 Å². The highest BCUT2D eigenvalue weighted by Crippen LogP contribution is 2.19. The molecule has 0 radical (unpaired) electrons. The summed E-state index contributed by atoms with van der Waals surface area (Å²) in [5.74, 6) is -0.176. The quantitative estimate of drug-likeness (QED) is 0.615. The van der Waals surface area contributed by atoms with Crippen LogP contribution >= 0.6 is 0 Å². The van der Waals surface area contributed by atoms with Crippen LogP contribution in [0, 0.1) is 0 Å². The molecule has 0 saturated carbocycles. The van der Waals surface area contributed by atoms with E-state index in [0.717, 1.165) is 18.3 Å². The van der Waals surface area contributed by atoms with Crippen molar-refractivity contribution in [2.45, 2.75) is 38.3 Å². The minimum Gasteiger partial charge on any atom is -0.445 e. The summed E-state index contributed by atoms with van der Waals surface area (Å²) < 4.78 is 5.30. The van der Waals surface area contributed by atoms with Crippen molar-refractivity contribution in [1.82, 2.24) is 10.2 Å². The van der Waals surface area contributed by atoms with Gasteiger partial charge in [0.1, 0.15) is 18.9 Å². The van der Waals surface area contributed by atoms with E-state index in [-0.39, 0.29) is 12.5 Å². The summed E-state index contributed by atoms with van der Waals surface area (Å²) in [5, 5.41) is 2.77. The maximum absolute atomic E-state index is 12.2. The number of nitrogens with one attached hydrogen (secondary N) is 1. The number of benzene rings is 1. The van der Waals surface area contributed by atoms with Crippen LogP contribution in [0.2, 0.25) is 0 Å². The smallest absolute Gasteiger partial charge is 0.410 e. The maximum Gasteiger partial charge on any atom is 0.410 e. The Morgan fingerprint density at radius 1 is 1.30 bits per heavy atom. The molecule has 6 heteroatoms. The average Bonchev–Trinajstić information content (AvgIpc) is 3.07. The molecule has 1 saturated heterocycles. The van der Waals surface area contributed by atoms with Gasteiger partial charge in [-0.25, -0.2) is 4.79 Å². The molecule has 2 amide bonds. The van der Waals surface area contributed by atoms with Crippen molar-refractivity contribution < 1.29 is 19.1 Å². The Hall–Kier alpha value is -2.37. The molecule has 1 atom stereocenters. The van der Waals surface area contributed by atoms with Gasteiger partial charge in [-0.05, 0) is 24.8 Å². The average molecular weight is 318 g/mol. The summed E-state index contributed by atoms with van der Waals surface area (Å²) in [4.78, 5) is 36.1. The highest BCUT2D eigenvalue weighted by Gasteiger charge is 2.34. The minimum atomic E-state index is -0.477. The minimum absolute atomic E-state index is 0.176. The largest absolute Gasteiger partial charge is 0.445 e. The number of aldehydes is 1. The second-order valence-corrected chi connectivity index (χ2v) is 5.49. The Morgan fingerprint density at radius 2 is 2.09 bits per heavy atom. The molecule has 2 rings (SSSR count). The Morgan fingerprint density at radius 3 is 2.83 bits per heavy atom. The van der Waals surface area contributed by atoms with Crippen molar-refractivity contribution in [1.29, 1.82) is 0 Å². The Bertz CT molecular complexity index is 533. The monoisotopic (exact) mass is 318 g/mol.